The lowest BCUT2D eigenvalue weighted by atomic mass is 10.1. The molecular formula is C40H61N5O5. The average Bonchev–Trinajstić information content (AvgIpc) is 3.12. The van der Waals surface area contributed by atoms with Crippen LogP contribution in [0.25, 0.3) is 10.9 Å². The Hall–Kier alpha value is -3.92. The quantitative estimate of drug-likeness (QED) is 0.0633. The maximum atomic E-state index is 12.1. The highest BCUT2D eigenvalue weighted by atomic mass is 16.5. The first kappa shape index (κ1) is 40.5. The molecule has 276 valence electrons. The molecule has 0 aliphatic carbocycles. The van der Waals surface area contributed by atoms with Crippen molar-refractivity contribution in [3.8, 4) is 11.5 Å². The second-order valence-corrected chi connectivity index (χ2v) is 13.1. The molecule has 0 saturated heterocycles. The monoisotopic (exact) mass is 691 g/mol. The molecule has 0 spiro atoms. The highest BCUT2D eigenvalue weighted by Gasteiger charge is 2.20. The Morgan fingerprint density at radius 2 is 1.40 bits per heavy atom. The Morgan fingerprint density at radius 3 is 2.00 bits per heavy atom. The number of aromatic nitrogens is 2. The first-order valence-electron chi connectivity index (χ1n) is 18.8. The third kappa shape index (κ3) is 14.5. The van der Waals surface area contributed by atoms with Crippen molar-refractivity contribution >= 4 is 34.3 Å². The molecule has 0 saturated carbocycles. The van der Waals surface area contributed by atoms with Gasteiger partial charge in [0.05, 0.1) is 26.3 Å². The number of esters is 1. The van der Waals surface area contributed by atoms with Crippen molar-refractivity contribution in [3.63, 3.8) is 0 Å². The van der Waals surface area contributed by atoms with E-state index in [0.29, 0.717) is 30.3 Å². The van der Waals surface area contributed by atoms with Gasteiger partial charge in [-0.15, -0.1) is 0 Å². The third-order valence-corrected chi connectivity index (χ3v) is 8.97. The smallest absolute Gasteiger partial charge is 0.328 e. The number of carbonyl (C=O) groups is 2. The van der Waals surface area contributed by atoms with Crippen molar-refractivity contribution in [2.75, 3.05) is 45.8 Å². The van der Waals surface area contributed by atoms with Crippen molar-refractivity contribution in [1.82, 2.24) is 20.2 Å². The number of hydrogen-bond donors (Lipinski definition) is 2. The van der Waals surface area contributed by atoms with Crippen LogP contribution < -0.4 is 20.1 Å². The molecule has 1 unspecified atom stereocenters. The molecule has 2 N–H and O–H groups in total. The summed E-state index contributed by atoms with van der Waals surface area (Å²) in [6.07, 6.45) is 18.6. The molecular weight excluding hydrogens is 630 g/mol. The Bertz CT molecular complexity index is 1400. The second-order valence-electron chi connectivity index (χ2n) is 13.1. The van der Waals surface area contributed by atoms with Gasteiger partial charge in [-0.2, -0.15) is 0 Å². The second kappa shape index (κ2) is 23.5. The summed E-state index contributed by atoms with van der Waals surface area (Å²) in [5, 5.41) is 6.86. The number of methoxy groups -OCH3 is 2. The van der Waals surface area contributed by atoms with Gasteiger partial charge in [-0.3, -0.25) is 4.79 Å². The van der Waals surface area contributed by atoms with Crippen LogP contribution in [0.1, 0.15) is 110 Å². The first-order valence-corrected chi connectivity index (χ1v) is 18.8. The van der Waals surface area contributed by atoms with Gasteiger partial charge in [0, 0.05) is 37.0 Å². The number of fused-ring (bicyclic) bond motifs is 1. The number of unbranched alkanes of at least 4 members (excludes halogenated alkanes) is 10. The molecule has 50 heavy (non-hydrogen) atoms. The maximum absolute atomic E-state index is 12.1. The SMILES string of the molecule is CCCCCCCCN(CCCCCCCC)CCCOc1cc2c(Nc3ccc(CC(NC(C)=O)C(=O)OC)cc3)ncnc2cc1OC. The van der Waals surface area contributed by atoms with Crippen LogP contribution in [0.4, 0.5) is 11.5 Å². The number of rotatable bonds is 26. The number of anilines is 2. The molecule has 0 bridgehead atoms. The number of hydrogen-bond acceptors (Lipinski definition) is 9. The molecule has 10 nitrogen and oxygen atoms in total. The Balaban J connectivity index is 1.62. The molecule has 0 fully saturated rings. The van der Waals surface area contributed by atoms with Gasteiger partial charge in [-0.25, -0.2) is 14.8 Å². The lowest BCUT2D eigenvalue weighted by Crippen LogP contribution is -2.41. The minimum atomic E-state index is -0.751. The molecule has 3 aromatic rings. The van der Waals surface area contributed by atoms with E-state index >= 15 is 0 Å². The highest BCUT2D eigenvalue weighted by Crippen LogP contribution is 2.35. The average molecular weight is 692 g/mol. The van der Waals surface area contributed by atoms with Gasteiger partial charge in [0.25, 0.3) is 0 Å². The van der Waals surface area contributed by atoms with E-state index in [-0.39, 0.29) is 5.91 Å². The van der Waals surface area contributed by atoms with E-state index in [9.17, 15) is 9.59 Å². The highest BCUT2D eigenvalue weighted by molar-refractivity contribution is 5.93. The molecule has 1 atom stereocenters. The van der Waals surface area contributed by atoms with E-state index in [1.54, 1.807) is 7.11 Å². The third-order valence-electron chi connectivity index (χ3n) is 8.97. The van der Waals surface area contributed by atoms with Gasteiger partial charge in [0.15, 0.2) is 11.5 Å². The molecule has 3 rings (SSSR count). The van der Waals surface area contributed by atoms with Crippen LogP contribution in [0.3, 0.4) is 0 Å². The summed E-state index contributed by atoms with van der Waals surface area (Å²) in [4.78, 5) is 35.3. The van der Waals surface area contributed by atoms with E-state index in [0.717, 1.165) is 48.2 Å². The number of carbonyl (C=O) groups excluding carboxylic acids is 2. The summed E-state index contributed by atoms with van der Waals surface area (Å²) in [6.45, 7) is 9.86. The summed E-state index contributed by atoms with van der Waals surface area (Å²) in [5.74, 6) is 1.18. The van der Waals surface area contributed by atoms with Crippen LogP contribution in [0, 0.1) is 0 Å². The maximum Gasteiger partial charge on any atom is 0.328 e. The summed E-state index contributed by atoms with van der Waals surface area (Å²) in [7, 11) is 2.96. The zero-order chi connectivity index (χ0) is 36.0. The number of amides is 1. The van der Waals surface area contributed by atoms with Crippen molar-refractivity contribution < 1.29 is 23.8 Å². The minimum absolute atomic E-state index is 0.289. The van der Waals surface area contributed by atoms with E-state index in [4.69, 9.17) is 14.2 Å². The fourth-order valence-corrected chi connectivity index (χ4v) is 6.15. The molecule has 1 heterocycles. The lowest BCUT2D eigenvalue weighted by Gasteiger charge is -2.22. The Morgan fingerprint density at radius 1 is 0.780 bits per heavy atom. The zero-order valence-corrected chi connectivity index (χ0v) is 31.2. The van der Waals surface area contributed by atoms with Crippen LogP contribution in [-0.2, 0) is 20.7 Å². The van der Waals surface area contributed by atoms with Crippen LogP contribution in [0.15, 0.2) is 42.7 Å². The molecule has 0 aliphatic heterocycles. The summed E-state index contributed by atoms with van der Waals surface area (Å²) < 4.78 is 16.9. The van der Waals surface area contributed by atoms with Gasteiger partial charge in [-0.05, 0) is 56.1 Å². The van der Waals surface area contributed by atoms with Crippen molar-refractivity contribution in [1.29, 1.82) is 0 Å². The number of nitrogens with one attached hydrogen (secondary N) is 2. The van der Waals surface area contributed by atoms with E-state index in [2.05, 4.69) is 39.3 Å². The standard InChI is InChI=1S/C40H61N5O5/c1-6-8-10-12-14-16-23-45(24-17-15-13-11-9-7-2)25-18-26-50-38-28-34-35(29-37(38)48-4)41-30-42-39(34)44-33-21-19-32(20-22-33)27-36(40(47)49-5)43-31(3)46/h19-22,28-30,36H,6-18,23-27H2,1-5H3,(H,43,46)(H,41,42,44). The van der Waals surface area contributed by atoms with Crippen LogP contribution in [-0.4, -0.2) is 73.2 Å². The molecule has 0 radical (unpaired) electrons. The molecule has 1 amide bonds. The summed E-state index contributed by atoms with van der Waals surface area (Å²) >= 11 is 0. The normalized spacial score (nSPS) is 11.8. The van der Waals surface area contributed by atoms with Crippen molar-refractivity contribution in [3.05, 3.63) is 48.3 Å². The molecule has 10 heteroatoms. The van der Waals surface area contributed by atoms with E-state index < -0.39 is 12.0 Å². The van der Waals surface area contributed by atoms with Gasteiger partial charge in [0.1, 0.15) is 18.2 Å². The van der Waals surface area contributed by atoms with Crippen LogP contribution in [0.2, 0.25) is 0 Å². The zero-order valence-electron chi connectivity index (χ0n) is 31.2. The molecule has 0 aliphatic rings. The van der Waals surface area contributed by atoms with E-state index in [1.807, 2.05) is 36.4 Å². The first-order chi connectivity index (χ1) is 24.4. The number of nitrogens with zero attached hydrogens (tertiary/aromatic N) is 3. The number of ether oxygens (including phenoxy) is 3. The van der Waals surface area contributed by atoms with Gasteiger partial charge in [-0.1, -0.05) is 90.2 Å². The van der Waals surface area contributed by atoms with Crippen molar-refractivity contribution in [2.24, 2.45) is 0 Å². The van der Waals surface area contributed by atoms with Gasteiger partial charge >= 0.3 is 5.97 Å². The van der Waals surface area contributed by atoms with Crippen molar-refractivity contribution in [2.45, 2.75) is 117 Å². The molecule has 2 aromatic carbocycles. The lowest BCUT2D eigenvalue weighted by molar-refractivity contribution is -0.144. The largest absolute Gasteiger partial charge is 0.493 e. The van der Waals surface area contributed by atoms with Gasteiger partial charge < -0.3 is 29.7 Å². The van der Waals surface area contributed by atoms with E-state index in [1.165, 1.54) is 97.4 Å². The predicted octanol–water partition coefficient (Wildman–Crippen LogP) is 8.39. The number of benzene rings is 2. The minimum Gasteiger partial charge on any atom is -0.493 e. The fourth-order valence-electron chi connectivity index (χ4n) is 6.15. The Labute approximate surface area is 300 Å². The van der Waals surface area contributed by atoms with Crippen LogP contribution >= 0.6 is 0 Å². The van der Waals surface area contributed by atoms with Crippen LogP contribution in [0.5, 0.6) is 11.5 Å². The Kier molecular flexibility index (Phi) is 19.0. The molecule has 1 aromatic heterocycles. The fraction of sp³-hybridized carbons (Fsp3) is 0.600. The topological polar surface area (TPSA) is 115 Å². The van der Waals surface area contributed by atoms with Gasteiger partial charge in [0.2, 0.25) is 5.91 Å². The summed E-state index contributed by atoms with van der Waals surface area (Å²) in [6, 6.07) is 10.7. The predicted molar refractivity (Wildman–Crippen MR) is 202 cm³/mol. The summed E-state index contributed by atoms with van der Waals surface area (Å²) in [5.41, 5.74) is 2.44.